The smallest absolute Gasteiger partial charge is 0.354 e. The first-order chi connectivity index (χ1) is 15.7. The lowest BCUT2D eigenvalue weighted by Gasteiger charge is -2.11. The molecule has 170 valence electrons. The molecule has 2 heterocycles. The van der Waals surface area contributed by atoms with Gasteiger partial charge in [0.1, 0.15) is 11.3 Å². The molecule has 4 rings (SSSR count). The largest absolute Gasteiger partial charge is 0.477 e. The van der Waals surface area contributed by atoms with E-state index in [1.807, 2.05) is 30.5 Å². The van der Waals surface area contributed by atoms with Crippen molar-refractivity contribution in [2.45, 2.75) is 31.7 Å². The number of carboxylic acid groups (broad SMARTS) is 1. The molecule has 3 N–H and O–H groups in total. The molecule has 2 aromatic carbocycles. The highest BCUT2D eigenvalue weighted by molar-refractivity contribution is 7.89. The average molecular weight is 467 g/mol. The van der Waals surface area contributed by atoms with Gasteiger partial charge in [-0.2, -0.15) is 0 Å². The van der Waals surface area contributed by atoms with Crippen molar-refractivity contribution in [1.82, 2.24) is 19.4 Å². The minimum absolute atomic E-state index is 0.0324. The van der Waals surface area contributed by atoms with Crippen molar-refractivity contribution in [2.24, 2.45) is 0 Å². The molecule has 2 aromatic heterocycles. The van der Waals surface area contributed by atoms with Crippen LogP contribution in [0.15, 0.2) is 59.5 Å². The highest BCUT2D eigenvalue weighted by Crippen LogP contribution is 2.28. The zero-order chi connectivity index (χ0) is 23.8. The summed E-state index contributed by atoms with van der Waals surface area (Å²) in [6.07, 6.45) is 0.648. The highest BCUT2D eigenvalue weighted by Gasteiger charge is 2.19. The number of fused-ring (bicyclic) bond motifs is 1. The van der Waals surface area contributed by atoms with Crippen molar-refractivity contribution in [3.8, 4) is 11.1 Å². The summed E-state index contributed by atoms with van der Waals surface area (Å²) >= 11 is 0. The molecule has 9 nitrogen and oxygen atoms in total. The summed E-state index contributed by atoms with van der Waals surface area (Å²) in [6.45, 7) is 4.21. The Morgan fingerprint density at radius 2 is 1.79 bits per heavy atom. The molecule has 4 aromatic rings. The Bertz CT molecular complexity index is 1460. The van der Waals surface area contributed by atoms with Crippen LogP contribution in [0.3, 0.4) is 0 Å². The molecule has 0 aliphatic heterocycles. The monoisotopic (exact) mass is 466 g/mol. The summed E-state index contributed by atoms with van der Waals surface area (Å²) in [5.74, 6) is -0.307. The van der Waals surface area contributed by atoms with Gasteiger partial charge < -0.3 is 14.9 Å². The molecule has 0 fully saturated rings. The number of benzene rings is 2. The molecule has 0 radical (unpaired) electrons. The van der Waals surface area contributed by atoms with Crippen LogP contribution in [0.25, 0.3) is 22.3 Å². The molecular formula is C23H22N4O5S. The molecule has 0 spiro atoms. The highest BCUT2D eigenvalue weighted by atomic mass is 32.2. The van der Waals surface area contributed by atoms with Crippen LogP contribution in [0.2, 0.25) is 0 Å². The lowest BCUT2D eigenvalue weighted by atomic mass is 10.0. The van der Waals surface area contributed by atoms with Gasteiger partial charge in [-0.05, 0) is 35.7 Å². The third kappa shape index (κ3) is 4.23. The maximum Gasteiger partial charge on any atom is 0.354 e. The van der Waals surface area contributed by atoms with E-state index in [0.717, 1.165) is 17.0 Å². The van der Waals surface area contributed by atoms with Gasteiger partial charge in [0.2, 0.25) is 0 Å². The second-order valence-corrected chi connectivity index (χ2v) is 9.19. The third-order valence-corrected chi connectivity index (χ3v) is 6.59. The van der Waals surface area contributed by atoms with E-state index in [2.05, 4.69) is 9.97 Å². The van der Waals surface area contributed by atoms with Gasteiger partial charge in [-0.1, -0.05) is 54.3 Å². The lowest BCUT2D eigenvalue weighted by molar-refractivity contribution is 0.0690. The molecule has 0 saturated heterocycles. The molecule has 10 heteroatoms. The predicted molar refractivity (Wildman–Crippen MR) is 122 cm³/mol. The molecule has 0 unspecified atom stereocenters. The summed E-state index contributed by atoms with van der Waals surface area (Å²) in [6, 6.07) is 15.2. The van der Waals surface area contributed by atoms with Crippen molar-refractivity contribution in [1.29, 1.82) is 0 Å². The van der Waals surface area contributed by atoms with Gasteiger partial charge in [0.15, 0.2) is 11.3 Å². The van der Waals surface area contributed by atoms with Crippen LogP contribution in [0.4, 0.5) is 0 Å². The number of aromatic nitrogens is 3. The lowest BCUT2D eigenvalue weighted by Crippen LogP contribution is -2.20. The van der Waals surface area contributed by atoms with Crippen molar-refractivity contribution in [3.05, 3.63) is 77.2 Å². The predicted octanol–water partition coefficient (Wildman–Crippen LogP) is 3.38. The summed E-state index contributed by atoms with van der Waals surface area (Å²) in [5, 5.41) is 18.4. The molecule has 0 atom stereocenters. The van der Waals surface area contributed by atoms with Crippen LogP contribution < -0.4 is 4.89 Å². The Morgan fingerprint density at radius 1 is 1.09 bits per heavy atom. The van der Waals surface area contributed by atoms with Gasteiger partial charge in [-0.25, -0.2) is 23.2 Å². The van der Waals surface area contributed by atoms with E-state index in [-0.39, 0.29) is 10.6 Å². The molecule has 0 aliphatic rings. The van der Waals surface area contributed by atoms with E-state index in [0.29, 0.717) is 35.3 Å². The van der Waals surface area contributed by atoms with E-state index in [1.165, 1.54) is 17.0 Å². The fourth-order valence-electron chi connectivity index (χ4n) is 3.79. The zero-order valence-electron chi connectivity index (χ0n) is 18.0. The van der Waals surface area contributed by atoms with E-state index < -0.39 is 16.0 Å². The Hall–Kier alpha value is -3.60. The number of imidazole rings is 1. The number of carbonyl (C=O) groups is 1. The van der Waals surface area contributed by atoms with Gasteiger partial charge in [-0.3, -0.25) is 0 Å². The fourth-order valence-corrected chi connectivity index (χ4v) is 4.63. The SMILES string of the molecule is CCc1nc2c(C)cc(C(=O)O)nc2n1Cc1ccc(-c2ccccc2S(=O)(=O)NO)cc1. The number of hydrogen-bond donors (Lipinski definition) is 3. The standard InChI is InChI=1S/C23H22N4O5S/c1-3-20-25-21-14(2)12-18(23(28)29)24-22(21)27(20)13-15-8-10-16(11-9-15)17-6-4-5-7-19(17)33(31,32)26-30/h4-12,26,30H,3,13H2,1-2H3,(H,28,29). The van der Waals surface area contributed by atoms with Crippen LogP contribution in [0, 0.1) is 6.92 Å². The first-order valence-corrected chi connectivity index (χ1v) is 11.7. The van der Waals surface area contributed by atoms with Crippen molar-refractivity contribution in [3.63, 3.8) is 0 Å². The molecule has 0 bridgehead atoms. The maximum atomic E-state index is 12.2. The number of aromatic carboxylic acids is 1. The van der Waals surface area contributed by atoms with Gasteiger partial charge in [0.25, 0.3) is 10.0 Å². The first kappa shape index (κ1) is 22.6. The number of nitrogens with zero attached hydrogens (tertiary/aromatic N) is 3. The number of nitrogens with one attached hydrogen (secondary N) is 1. The van der Waals surface area contributed by atoms with Crippen molar-refractivity contribution in [2.75, 3.05) is 0 Å². The van der Waals surface area contributed by atoms with Gasteiger partial charge in [0, 0.05) is 12.0 Å². The minimum Gasteiger partial charge on any atom is -0.477 e. The average Bonchev–Trinajstić information content (AvgIpc) is 3.17. The zero-order valence-corrected chi connectivity index (χ0v) is 18.8. The molecule has 0 aliphatic carbocycles. The summed E-state index contributed by atoms with van der Waals surface area (Å²) in [7, 11) is -4.04. The molecule has 33 heavy (non-hydrogen) atoms. The Balaban J connectivity index is 1.74. The normalized spacial score (nSPS) is 11.7. The minimum atomic E-state index is -4.04. The van der Waals surface area contributed by atoms with E-state index in [4.69, 9.17) is 5.21 Å². The van der Waals surface area contributed by atoms with Crippen LogP contribution in [0.5, 0.6) is 0 Å². The van der Waals surface area contributed by atoms with Crippen molar-refractivity contribution >= 4 is 27.2 Å². The second kappa shape index (κ2) is 8.74. The Kier molecular flexibility index (Phi) is 5.98. The quantitative estimate of drug-likeness (QED) is 0.355. The van der Waals surface area contributed by atoms with Crippen LogP contribution in [0.1, 0.15) is 34.4 Å². The fraction of sp³-hybridized carbons (Fsp3) is 0.174. The number of hydrogen-bond acceptors (Lipinski definition) is 6. The number of aryl methyl sites for hydroxylation is 2. The van der Waals surface area contributed by atoms with Crippen molar-refractivity contribution < 1.29 is 23.5 Å². The number of rotatable bonds is 7. The molecular weight excluding hydrogens is 444 g/mol. The van der Waals surface area contributed by atoms with Gasteiger partial charge in [0.05, 0.1) is 11.4 Å². The number of sulfonamides is 1. The summed E-state index contributed by atoms with van der Waals surface area (Å²) in [5.41, 5.74) is 3.93. The first-order valence-electron chi connectivity index (χ1n) is 10.2. The number of carboxylic acids is 1. The molecule has 0 amide bonds. The Labute approximate surface area is 190 Å². The van der Waals surface area contributed by atoms with Crippen LogP contribution in [-0.4, -0.2) is 39.2 Å². The van der Waals surface area contributed by atoms with Gasteiger partial charge >= 0.3 is 5.97 Å². The topological polar surface area (TPSA) is 134 Å². The Morgan fingerprint density at radius 3 is 2.42 bits per heavy atom. The second-order valence-electron chi connectivity index (χ2n) is 7.56. The maximum absolute atomic E-state index is 12.2. The third-order valence-electron chi connectivity index (χ3n) is 5.41. The molecule has 0 saturated carbocycles. The number of pyridine rings is 1. The summed E-state index contributed by atoms with van der Waals surface area (Å²) in [4.78, 5) is 21.8. The van der Waals surface area contributed by atoms with Gasteiger partial charge in [-0.15, -0.1) is 0 Å². The van der Waals surface area contributed by atoms with Crippen LogP contribution in [-0.2, 0) is 23.0 Å². The van der Waals surface area contributed by atoms with Crippen LogP contribution >= 0.6 is 0 Å². The van der Waals surface area contributed by atoms with E-state index in [1.54, 1.807) is 30.3 Å². The summed E-state index contributed by atoms with van der Waals surface area (Å²) < 4.78 is 26.2. The van der Waals surface area contributed by atoms with E-state index >= 15 is 0 Å². The van der Waals surface area contributed by atoms with E-state index in [9.17, 15) is 18.3 Å².